The monoisotopic (exact) mass is 405 g/mol. The highest BCUT2D eigenvalue weighted by Gasteiger charge is 2.13. The second kappa shape index (κ2) is 7.98. The fraction of sp³-hybridized carbons (Fsp3) is 0.200. The van der Waals surface area contributed by atoms with Crippen molar-refractivity contribution in [2.24, 2.45) is 0 Å². The summed E-state index contributed by atoms with van der Waals surface area (Å²) in [4.78, 5) is 16.2. The molecule has 0 spiro atoms. The van der Waals surface area contributed by atoms with Crippen LogP contribution in [-0.2, 0) is 6.54 Å². The zero-order valence-electron chi connectivity index (χ0n) is 15.5. The molecule has 3 aromatic rings. The Morgan fingerprint density at radius 3 is 2.57 bits per heavy atom. The SMILES string of the molecule is COc1cn(Cc2cc(F)cc(Cl)c2)c(Nc2cc(C)c(F)cc2C)nc1=O. The van der Waals surface area contributed by atoms with E-state index < -0.39 is 11.4 Å². The summed E-state index contributed by atoms with van der Waals surface area (Å²) >= 11 is 5.93. The van der Waals surface area contributed by atoms with Crippen molar-refractivity contribution >= 4 is 23.2 Å². The Morgan fingerprint density at radius 2 is 1.89 bits per heavy atom. The molecule has 0 saturated heterocycles. The number of halogens is 3. The smallest absolute Gasteiger partial charge is 0.316 e. The number of nitrogens with one attached hydrogen (secondary N) is 1. The summed E-state index contributed by atoms with van der Waals surface area (Å²) in [5.74, 6) is -0.541. The lowest BCUT2D eigenvalue weighted by Gasteiger charge is -2.17. The Kier molecular flexibility index (Phi) is 5.65. The highest BCUT2D eigenvalue weighted by Crippen LogP contribution is 2.24. The first-order valence-electron chi connectivity index (χ1n) is 8.41. The molecule has 2 aromatic carbocycles. The first kappa shape index (κ1) is 19.8. The van der Waals surface area contributed by atoms with E-state index in [1.165, 1.54) is 31.5 Å². The van der Waals surface area contributed by atoms with Crippen molar-refractivity contribution in [3.8, 4) is 5.75 Å². The molecule has 1 N–H and O–H groups in total. The normalized spacial score (nSPS) is 10.8. The maximum Gasteiger partial charge on any atom is 0.316 e. The molecular formula is C20H18ClF2N3O2. The van der Waals surface area contributed by atoms with Crippen molar-refractivity contribution in [1.82, 2.24) is 9.55 Å². The molecule has 0 atom stereocenters. The molecule has 0 fully saturated rings. The molecule has 28 heavy (non-hydrogen) atoms. The number of ether oxygens (including phenoxy) is 1. The summed E-state index contributed by atoms with van der Waals surface area (Å²) in [6.45, 7) is 3.56. The quantitative estimate of drug-likeness (QED) is 0.674. The number of anilines is 2. The molecule has 0 bridgehead atoms. The highest BCUT2D eigenvalue weighted by atomic mass is 35.5. The van der Waals surface area contributed by atoms with E-state index in [-0.39, 0.29) is 29.1 Å². The molecule has 146 valence electrons. The molecule has 0 aliphatic rings. The average Bonchev–Trinajstić information content (AvgIpc) is 2.61. The number of aromatic nitrogens is 2. The summed E-state index contributed by atoms with van der Waals surface area (Å²) in [7, 11) is 1.36. The molecule has 0 saturated carbocycles. The van der Waals surface area contributed by atoms with Crippen LogP contribution in [0.1, 0.15) is 16.7 Å². The second-order valence-corrected chi connectivity index (χ2v) is 6.82. The van der Waals surface area contributed by atoms with Crippen LogP contribution >= 0.6 is 11.6 Å². The van der Waals surface area contributed by atoms with Gasteiger partial charge in [-0.15, -0.1) is 0 Å². The topological polar surface area (TPSA) is 56.1 Å². The number of methoxy groups -OCH3 is 1. The predicted molar refractivity (Wildman–Crippen MR) is 105 cm³/mol. The van der Waals surface area contributed by atoms with Gasteiger partial charge in [-0.2, -0.15) is 4.98 Å². The van der Waals surface area contributed by atoms with Gasteiger partial charge in [0.15, 0.2) is 0 Å². The molecule has 0 radical (unpaired) electrons. The summed E-state index contributed by atoms with van der Waals surface area (Å²) in [5, 5.41) is 3.31. The molecule has 8 heteroatoms. The number of benzene rings is 2. The van der Waals surface area contributed by atoms with Crippen LogP contribution in [0.3, 0.4) is 0 Å². The maximum atomic E-state index is 13.7. The fourth-order valence-electron chi connectivity index (χ4n) is 2.77. The van der Waals surface area contributed by atoms with Crippen molar-refractivity contribution < 1.29 is 13.5 Å². The fourth-order valence-corrected chi connectivity index (χ4v) is 3.01. The van der Waals surface area contributed by atoms with Crippen molar-refractivity contribution in [1.29, 1.82) is 0 Å². The summed E-state index contributed by atoms with van der Waals surface area (Å²) in [5.41, 5.74) is 1.71. The molecule has 1 aromatic heterocycles. The molecule has 0 unspecified atom stereocenters. The van der Waals surface area contributed by atoms with Crippen LogP contribution in [0.2, 0.25) is 5.02 Å². The van der Waals surface area contributed by atoms with E-state index >= 15 is 0 Å². The van der Waals surface area contributed by atoms with E-state index in [1.807, 2.05) is 0 Å². The predicted octanol–water partition coefficient (Wildman–Crippen LogP) is 4.59. The van der Waals surface area contributed by atoms with E-state index in [1.54, 1.807) is 30.5 Å². The van der Waals surface area contributed by atoms with Gasteiger partial charge in [0.05, 0.1) is 19.9 Å². The number of nitrogens with zero attached hydrogens (tertiary/aromatic N) is 2. The van der Waals surface area contributed by atoms with E-state index in [0.717, 1.165) is 0 Å². The minimum absolute atomic E-state index is 0.0417. The van der Waals surface area contributed by atoms with Crippen molar-refractivity contribution in [2.75, 3.05) is 12.4 Å². The highest BCUT2D eigenvalue weighted by molar-refractivity contribution is 6.30. The molecular weight excluding hydrogens is 388 g/mol. The zero-order valence-corrected chi connectivity index (χ0v) is 16.3. The second-order valence-electron chi connectivity index (χ2n) is 6.38. The van der Waals surface area contributed by atoms with E-state index in [9.17, 15) is 13.6 Å². The lowest BCUT2D eigenvalue weighted by molar-refractivity contribution is 0.402. The first-order chi connectivity index (χ1) is 13.3. The van der Waals surface area contributed by atoms with E-state index in [4.69, 9.17) is 16.3 Å². The van der Waals surface area contributed by atoms with Crippen molar-refractivity contribution in [3.63, 3.8) is 0 Å². The Labute approximate surface area is 165 Å². The molecule has 0 amide bonds. The largest absolute Gasteiger partial charge is 0.490 e. The van der Waals surface area contributed by atoms with Gasteiger partial charge in [0.2, 0.25) is 11.7 Å². The van der Waals surface area contributed by atoms with Crippen molar-refractivity contribution in [2.45, 2.75) is 20.4 Å². The van der Waals surface area contributed by atoms with E-state index in [0.29, 0.717) is 22.4 Å². The number of hydrogen-bond acceptors (Lipinski definition) is 4. The lowest BCUT2D eigenvalue weighted by Crippen LogP contribution is -2.19. The Bertz CT molecular complexity index is 1080. The molecule has 1 heterocycles. The number of rotatable bonds is 5. The van der Waals surface area contributed by atoms with Crippen molar-refractivity contribution in [3.05, 3.63) is 80.2 Å². The van der Waals surface area contributed by atoms with Gasteiger partial charge in [-0.1, -0.05) is 11.6 Å². The van der Waals surface area contributed by atoms with Crippen LogP contribution in [0.5, 0.6) is 5.75 Å². The third-order valence-electron chi connectivity index (χ3n) is 4.21. The van der Waals surface area contributed by atoms with Gasteiger partial charge in [-0.05, 0) is 60.9 Å². The minimum atomic E-state index is -0.560. The van der Waals surface area contributed by atoms with Crippen LogP contribution in [0.25, 0.3) is 0 Å². The number of hydrogen-bond donors (Lipinski definition) is 1. The van der Waals surface area contributed by atoms with Crippen LogP contribution in [0.4, 0.5) is 20.4 Å². The Hall–Kier alpha value is -2.93. The van der Waals surface area contributed by atoms with Crippen LogP contribution in [0, 0.1) is 25.5 Å². The van der Waals surface area contributed by atoms with Gasteiger partial charge in [-0.3, -0.25) is 4.79 Å². The Balaban J connectivity index is 2.06. The maximum absolute atomic E-state index is 13.7. The van der Waals surface area contributed by atoms with Gasteiger partial charge in [0.25, 0.3) is 0 Å². The van der Waals surface area contributed by atoms with Gasteiger partial charge in [0, 0.05) is 10.7 Å². The summed E-state index contributed by atoms with van der Waals surface area (Å²) in [6, 6.07) is 7.19. The summed E-state index contributed by atoms with van der Waals surface area (Å²) in [6.07, 6.45) is 1.47. The Morgan fingerprint density at radius 1 is 1.14 bits per heavy atom. The van der Waals surface area contributed by atoms with Gasteiger partial charge in [0.1, 0.15) is 11.6 Å². The molecule has 5 nitrogen and oxygen atoms in total. The van der Waals surface area contributed by atoms with Gasteiger partial charge in [-0.25, -0.2) is 8.78 Å². The first-order valence-corrected chi connectivity index (χ1v) is 8.79. The van der Waals surface area contributed by atoms with Crippen LogP contribution in [-0.4, -0.2) is 16.7 Å². The summed E-state index contributed by atoms with van der Waals surface area (Å²) < 4.78 is 34.1. The third kappa shape index (κ3) is 4.31. The minimum Gasteiger partial charge on any atom is -0.490 e. The lowest BCUT2D eigenvalue weighted by atomic mass is 10.1. The zero-order chi connectivity index (χ0) is 20.4. The van der Waals surface area contributed by atoms with Crippen LogP contribution < -0.4 is 15.6 Å². The molecule has 3 rings (SSSR count). The van der Waals surface area contributed by atoms with Gasteiger partial charge >= 0.3 is 5.56 Å². The molecule has 0 aliphatic heterocycles. The molecule has 0 aliphatic carbocycles. The van der Waals surface area contributed by atoms with Crippen LogP contribution in [0.15, 0.2) is 41.3 Å². The van der Waals surface area contributed by atoms with Gasteiger partial charge < -0.3 is 14.6 Å². The third-order valence-corrected chi connectivity index (χ3v) is 4.43. The van der Waals surface area contributed by atoms with E-state index in [2.05, 4.69) is 10.3 Å². The standard InChI is InChI=1S/C20H18ClF2N3O2/c1-11-5-17(12(2)4-16(11)23)24-20-25-19(27)18(28-3)10-26(20)9-13-6-14(21)8-15(22)7-13/h4-8,10H,9H2,1-3H3,(H,24,25,27). The number of aryl methyl sites for hydroxylation is 2. The average molecular weight is 406 g/mol.